The van der Waals surface area contributed by atoms with E-state index in [2.05, 4.69) is 9.97 Å². The molecule has 1 saturated heterocycles. The van der Waals surface area contributed by atoms with Crippen LogP contribution >= 0.6 is 0 Å². The zero-order chi connectivity index (χ0) is 21.6. The summed E-state index contributed by atoms with van der Waals surface area (Å²) in [6.07, 6.45) is 4.70. The van der Waals surface area contributed by atoms with Crippen molar-refractivity contribution in [3.8, 4) is 5.88 Å². The fraction of sp³-hybridized carbons (Fsp3) is 0.292. The van der Waals surface area contributed by atoms with Gasteiger partial charge in [0.15, 0.2) is 0 Å². The summed E-state index contributed by atoms with van der Waals surface area (Å²) in [7, 11) is 0. The van der Waals surface area contributed by atoms with E-state index in [0.717, 1.165) is 29.7 Å². The van der Waals surface area contributed by atoms with Gasteiger partial charge in [0.1, 0.15) is 12.4 Å². The first-order valence-electron chi connectivity index (χ1n) is 10.3. The second kappa shape index (κ2) is 9.55. The Morgan fingerprint density at radius 2 is 1.97 bits per heavy atom. The summed E-state index contributed by atoms with van der Waals surface area (Å²) < 4.78 is 20.3. The molecule has 4 rings (SSSR count). The molecule has 1 aliphatic heterocycles. The third-order valence-corrected chi connectivity index (χ3v) is 5.55. The minimum Gasteiger partial charge on any atom is -0.473 e. The molecule has 1 aliphatic rings. The minimum atomic E-state index is -0.878. The number of benzene rings is 1. The van der Waals surface area contributed by atoms with E-state index in [1.165, 1.54) is 11.0 Å². The van der Waals surface area contributed by atoms with Gasteiger partial charge in [-0.25, -0.2) is 14.2 Å². The topological polar surface area (TPSA) is 75.5 Å². The molecule has 6 nitrogen and oxygen atoms in total. The van der Waals surface area contributed by atoms with Crippen molar-refractivity contribution < 1.29 is 19.0 Å². The quantitative estimate of drug-likeness (QED) is 0.627. The van der Waals surface area contributed by atoms with Gasteiger partial charge in [0.2, 0.25) is 5.88 Å². The Morgan fingerprint density at radius 3 is 2.68 bits per heavy atom. The summed E-state index contributed by atoms with van der Waals surface area (Å²) in [6, 6.07) is 14.6. The Morgan fingerprint density at radius 1 is 1.13 bits per heavy atom. The molecule has 1 aromatic carbocycles. The predicted octanol–water partition coefficient (Wildman–Crippen LogP) is 4.64. The van der Waals surface area contributed by atoms with Gasteiger partial charge in [-0.15, -0.1) is 0 Å². The zero-order valence-electron chi connectivity index (χ0n) is 17.1. The molecule has 160 valence electrons. The standard InChI is InChI=1S/C24H24FN3O3/c25-21-14-17(13-18-3-2-10-26-15-18)6-7-20(21)16-31-23-5-1-4-22(27-23)19-8-11-28(12-9-19)24(29)30/h1-7,10,14-15,19H,8-9,11-13,16H2,(H,29,30). The molecule has 1 N–H and O–H groups in total. The van der Waals surface area contributed by atoms with Gasteiger partial charge in [-0.2, -0.15) is 0 Å². The third-order valence-electron chi connectivity index (χ3n) is 5.55. The average Bonchev–Trinajstić information content (AvgIpc) is 2.79. The van der Waals surface area contributed by atoms with E-state index in [1.807, 2.05) is 30.3 Å². The van der Waals surface area contributed by atoms with Crippen LogP contribution in [0.25, 0.3) is 0 Å². The van der Waals surface area contributed by atoms with Crippen molar-refractivity contribution in [3.05, 3.63) is 89.1 Å². The molecule has 3 heterocycles. The molecule has 0 aliphatic carbocycles. The van der Waals surface area contributed by atoms with Gasteiger partial charge in [0.05, 0.1) is 0 Å². The highest BCUT2D eigenvalue weighted by Crippen LogP contribution is 2.28. The van der Waals surface area contributed by atoms with Crippen LogP contribution in [0.4, 0.5) is 9.18 Å². The fourth-order valence-corrected chi connectivity index (χ4v) is 3.81. The van der Waals surface area contributed by atoms with Gasteiger partial charge in [-0.1, -0.05) is 24.3 Å². The molecule has 31 heavy (non-hydrogen) atoms. The van der Waals surface area contributed by atoms with E-state index < -0.39 is 6.09 Å². The van der Waals surface area contributed by atoms with Crippen molar-refractivity contribution in [1.29, 1.82) is 0 Å². The fourth-order valence-electron chi connectivity index (χ4n) is 3.81. The molecule has 0 bridgehead atoms. The van der Waals surface area contributed by atoms with Crippen LogP contribution in [0.1, 0.15) is 41.1 Å². The lowest BCUT2D eigenvalue weighted by Crippen LogP contribution is -2.36. The highest BCUT2D eigenvalue weighted by Gasteiger charge is 2.24. The Balaban J connectivity index is 1.36. The lowest BCUT2D eigenvalue weighted by Gasteiger charge is -2.29. The number of piperidine rings is 1. The number of hydrogen-bond acceptors (Lipinski definition) is 4. The Bertz CT molecular complexity index is 1040. The number of amides is 1. The van der Waals surface area contributed by atoms with Crippen LogP contribution in [0.2, 0.25) is 0 Å². The Kier molecular flexibility index (Phi) is 6.40. The first kappa shape index (κ1) is 20.8. The van der Waals surface area contributed by atoms with Gasteiger partial charge in [0.25, 0.3) is 0 Å². The number of ether oxygens (including phenoxy) is 1. The first-order valence-corrected chi connectivity index (χ1v) is 10.3. The number of halogens is 1. The van der Waals surface area contributed by atoms with Crippen LogP contribution in [0.5, 0.6) is 5.88 Å². The van der Waals surface area contributed by atoms with Crippen molar-refractivity contribution in [2.75, 3.05) is 13.1 Å². The predicted molar refractivity (Wildman–Crippen MR) is 114 cm³/mol. The number of hydrogen-bond donors (Lipinski definition) is 1. The summed E-state index contributed by atoms with van der Waals surface area (Å²) in [5, 5.41) is 9.09. The van der Waals surface area contributed by atoms with Gasteiger partial charge >= 0.3 is 6.09 Å². The van der Waals surface area contributed by atoms with Gasteiger partial charge in [-0.05, 0) is 48.6 Å². The van der Waals surface area contributed by atoms with Crippen LogP contribution in [-0.4, -0.2) is 39.2 Å². The van der Waals surface area contributed by atoms with Gasteiger partial charge in [-0.3, -0.25) is 4.98 Å². The summed E-state index contributed by atoms with van der Waals surface area (Å²) >= 11 is 0. The monoisotopic (exact) mass is 421 g/mol. The lowest BCUT2D eigenvalue weighted by atomic mass is 9.93. The third kappa shape index (κ3) is 5.36. The van der Waals surface area contributed by atoms with Crippen molar-refractivity contribution in [1.82, 2.24) is 14.9 Å². The van der Waals surface area contributed by atoms with E-state index in [-0.39, 0.29) is 18.3 Å². The normalized spacial score (nSPS) is 14.4. The van der Waals surface area contributed by atoms with Crippen molar-refractivity contribution in [2.45, 2.75) is 31.8 Å². The smallest absolute Gasteiger partial charge is 0.407 e. The van der Waals surface area contributed by atoms with E-state index in [1.54, 1.807) is 24.5 Å². The average molecular weight is 421 g/mol. The van der Waals surface area contributed by atoms with Crippen molar-refractivity contribution in [3.63, 3.8) is 0 Å². The molecule has 0 atom stereocenters. The largest absolute Gasteiger partial charge is 0.473 e. The highest BCUT2D eigenvalue weighted by molar-refractivity contribution is 5.65. The number of rotatable bonds is 6. The van der Waals surface area contributed by atoms with Crippen LogP contribution in [0.15, 0.2) is 60.9 Å². The summed E-state index contributed by atoms with van der Waals surface area (Å²) in [5.74, 6) is 0.332. The van der Waals surface area contributed by atoms with Gasteiger partial charge < -0.3 is 14.7 Å². The molecule has 7 heteroatoms. The van der Waals surface area contributed by atoms with Crippen LogP contribution < -0.4 is 4.74 Å². The highest BCUT2D eigenvalue weighted by atomic mass is 19.1. The maximum absolute atomic E-state index is 14.6. The number of carboxylic acid groups (broad SMARTS) is 1. The van der Waals surface area contributed by atoms with Crippen molar-refractivity contribution >= 4 is 6.09 Å². The summed E-state index contributed by atoms with van der Waals surface area (Å²) in [5.41, 5.74) is 3.26. The molecular weight excluding hydrogens is 397 g/mol. The van der Waals surface area contributed by atoms with E-state index in [4.69, 9.17) is 9.84 Å². The molecule has 0 unspecified atom stereocenters. The summed E-state index contributed by atoms with van der Waals surface area (Å²) in [6.45, 7) is 1.10. The number of aromatic nitrogens is 2. The molecule has 0 saturated carbocycles. The molecule has 0 spiro atoms. The molecule has 1 amide bonds. The molecule has 1 fully saturated rings. The number of pyridine rings is 2. The SMILES string of the molecule is O=C(O)N1CCC(c2cccc(OCc3ccc(Cc4cccnc4)cc3F)n2)CC1. The van der Waals surface area contributed by atoms with E-state index in [0.29, 0.717) is 31.0 Å². The first-order chi connectivity index (χ1) is 15.1. The van der Waals surface area contributed by atoms with Crippen molar-refractivity contribution in [2.24, 2.45) is 0 Å². The number of likely N-dealkylation sites (tertiary alicyclic amines) is 1. The molecule has 0 radical (unpaired) electrons. The zero-order valence-corrected chi connectivity index (χ0v) is 17.1. The maximum atomic E-state index is 14.6. The summed E-state index contributed by atoms with van der Waals surface area (Å²) in [4.78, 5) is 21.2. The maximum Gasteiger partial charge on any atom is 0.407 e. The van der Waals surface area contributed by atoms with Crippen LogP contribution in [0.3, 0.4) is 0 Å². The molecular formula is C24H24FN3O3. The molecule has 3 aromatic rings. The second-order valence-electron chi connectivity index (χ2n) is 7.70. The number of carbonyl (C=O) groups is 1. The molecule has 2 aromatic heterocycles. The Hall–Kier alpha value is -3.48. The van der Waals surface area contributed by atoms with Crippen LogP contribution in [0, 0.1) is 5.82 Å². The number of nitrogens with zero attached hydrogens (tertiary/aromatic N) is 3. The lowest BCUT2D eigenvalue weighted by molar-refractivity contribution is 0.131. The van der Waals surface area contributed by atoms with E-state index in [9.17, 15) is 9.18 Å². The second-order valence-corrected chi connectivity index (χ2v) is 7.70. The van der Waals surface area contributed by atoms with E-state index >= 15 is 0 Å². The minimum absolute atomic E-state index is 0.0902. The van der Waals surface area contributed by atoms with Crippen LogP contribution in [-0.2, 0) is 13.0 Å². The van der Waals surface area contributed by atoms with Gasteiger partial charge in [0, 0.05) is 48.7 Å². The Labute approximate surface area is 180 Å².